The molecule has 30 heavy (non-hydrogen) atoms. The molecule has 1 atom stereocenters. The SMILES string of the molecule is COc1cc2c(cc1Cc1cccc(Cl)c1F)C(C(=O)O)=CCN2[C@H](CO)C(C)C. The van der Waals surface area contributed by atoms with Crippen molar-refractivity contribution in [2.24, 2.45) is 5.92 Å². The average molecular weight is 434 g/mol. The molecule has 2 N–H and O–H groups in total. The topological polar surface area (TPSA) is 70.0 Å². The summed E-state index contributed by atoms with van der Waals surface area (Å²) in [6, 6.07) is 8.11. The predicted octanol–water partition coefficient (Wildman–Crippen LogP) is 4.38. The lowest BCUT2D eigenvalue weighted by molar-refractivity contribution is -0.130. The zero-order valence-electron chi connectivity index (χ0n) is 17.2. The van der Waals surface area contributed by atoms with Gasteiger partial charge in [0.1, 0.15) is 11.6 Å². The van der Waals surface area contributed by atoms with Crippen molar-refractivity contribution >= 4 is 28.8 Å². The Morgan fingerprint density at radius 1 is 1.30 bits per heavy atom. The predicted molar refractivity (Wildman–Crippen MR) is 116 cm³/mol. The molecule has 0 radical (unpaired) electrons. The molecule has 1 heterocycles. The third-order valence-corrected chi connectivity index (χ3v) is 5.78. The van der Waals surface area contributed by atoms with E-state index >= 15 is 0 Å². The number of hydrogen-bond acceptors (Lipinski definition) is 4. The molecule has 0 fully saturated rings. The highest BCUT2D eigenvalue weighted by molar-refractivity contribution is 6.30. The molecule has 0 aromatic heterocycles. The van der Waals surface area contributed by atoms with E-state index in [0.29, 0.717) is 34.7 Å². The number of carboxylic acids is 1. The van der Waals surface area contributed by atoms with E-state index in [0.717, 1.165) is 0 Å². The second kappa shape index (κ2) is 9.06. The summed E-state index contributed by atoms with van der Waals surface area (Å²) < 4.78 is 20.0. The number of halogens is 2. The number of fused-ring (bicyclic) bond motifs is 1. The van der Waals surface area contributed by atoms with Crippen molar-refractivity contribution in [2.45, 2.75) is 26.3 Å². The number of carboxylic acid groups (broad SMARTS) is 1. The Morgan fingerprint density at radius 2 is 2.03 bits per heavy atom. The van der Waals surface area contributed by atoms with E-state index in [1.54, 1.807) is 30.3 Å². The smallest absolute Gasteiger partial charge is 0.336 e. The van der Waals surface area contributed by atoms with Crippen LogP contribution in [0.15, 0.2) is 36.4 Å². The minimum absolute atomic E-state index is 0.0319. The van der Waals surface area contributed by atoms with Crippen LogP contribution >= 0.6 is 11.6 Å². The van der Waals surface area contributed by atoms with Crippen molar-refractivity contribution in [3.05, 3.63) is 63.9 Å². The summed E-state index contributed by atoms with van der Waals surface area (Å²) in [5, 5.41) is 19.7. The van der Waals surface area contributed by atoms with Crippen molar-refractivity contribution < 1.29 is 24.1 Å². The maximum Gasteiger partial charge on any atom is 0.336 e. The highest BCUT2D eigenvalue weighted by Crippen LogP contribution is 2.40. The van der Waals surface area contributed by atoms with Crippen LogP contribution in [0.25, 0.3) is 5.57 Å². The number of methoxy groups -OCH3 is 1. The second-order valence-electron chi connectivity index (χ2n) is 7.64. The average Bonchev–Trinajstić information content (AvgIpc) is 2.71. The van der Waals surface area contributed by atoms with Gasteiger partial charge in [0.2, 0.25) is 0 Å². The van der Waals surface area contributed by atoms with Crippen molar-refractivity contribution in [1.29, 1.82) is 0 Å². The van der Waals surface area contributed by atoms with Crippen LogP contribution in [0.1, 0.15) is 30.5 Å². The molecular formula is C23H25ClFNO4. The van der Waals surface area contributed by atoms with Gasteiger partial charge in [0.25, 0.3) is 0 Å². The van der Waals surface area contributed by atoms with Crippen molar-refractivity contribution in [1.82, 2.24) is 0 Å². The molecule has 7 heteroatoms. The fraction of sp³-hybridized carbons (Fsp3) is 0.348. The zero-order chi connectivity index (χ0) is 22.0. The van der Waals surface area contributed by atoms with Gasteiger partial charge in [-0.3, -0.25) is 0 Å². The number of hydrogen-bond donors (Lipinski definition) is 2. The van der Waals surface area contributed by atoms with E-state index in [1.807, 2.05) is 18.7 Å². The molecule has 5 nitrogen and oxygen atoms in total. The third kappa shape index (κ3) is 4.16. The van der Waals surface area contributed by atoms with E-state index in [1.165, 1.54) is 13.2 Å². The van der Waals surface area contributed by atoms with Crippen LogP contribution in [0.2, 0.25) is 5.02 Å². The Morgan fingerprint density at radius 3 is 2.63 bits per heavy atom. The van der Waals surface area contributed by atoms with E-state index in [4.69, 9.17) is 16.3 Å². The summed E-state index contributed by atoms with van der Waals surface area (Å²) in [7, 11) is 1.52. The van der Waals surface area contributed by atoms with Gasteiger partial charge in [0, 0.05) is 30.3 Å². The maximum absolute atomic E-state index is 14.5. The molecule has 2 aromatic rings. The van der Waals surface area contributed by atoms with Crippen molar-refractivity contribution in [2.75, 3.05) is 25.2 Å². The van der Waals surface area contributed by atoms with Gasteiger partial charge in [-0.1, -0.05) is 43.7 Å². The summed E-state index contributed by atoms with van der Waals surface area (Å²) in [4.78, 5) is 13.9. The molecule has 0 amide bonds. The Hall–Kier alpha value is -2.57. The van der Waals surface area contributed by atoms with E-state index in [-0.39, 0.29) is 35.6 Å². The van der Waals surface area contributed by atoms with Crippen LogP contribution in [-0.2, 0) is 11.2 Å². The second-order valence-corrected chi connectivity index (χ2v) is 8.05. The summed E-state index contributed by atoms with van der Waals surface area (Å²) in [5.74, 6) is -0.875. The molecule has 0 saturated heterocycles. The van der Waals surface area contributed by atoms with E-state index < -0.39 is 11.8 Å². The quantitative estimate of drug-likeness (QED) is 0.678. The number of carbonyl (C=O) groups is 1. The number of aliphatic hydroxyl groups is 1. The molecule has 0 bridgehead atoms. The van der Waals surface area contributed by atoms with Crippen LogP contribution in [-0.4, -0.2) is 42.5 Å². The molecule has 0 unspecified atom stereocenters. The molecular weight excluding hydrogens is 409 g/mol. The Balaban J connectivity index is 2.14. The van der Waals surface area contributed by atoms with E-state index in [2.05, 4.69) is 0 Å². The Labute approximate surface area is 180 Å². The fourth-order valence-corrected chi connectivity index (χ4v) is 4.06. The van der Waals surface area contributed by atoms with Crippen LogP contribution < -0.4 is 9.64 Å². The number of anilines is 1. The van der Waals surface area contributed by atoms with Crippen molar-refractivity contribution in [3.63, 3.8) is 0 Å². The third-order valence-electron chi connectivity index (χ3n) is 5.49. The van der Waals surface area contributed by atoms with Gasteiger partial charge in [-0.2, -0.15) is 0 Å². The molecule has 2 aromatic carbocycles. The number of aliphatic carboxylic acids is 1. The Bertz CT molecular complexity index is 989. The number of benzene rings is 2. The number of ether oxygens (including phenoxy) is 1. The maximum atomic E-state index is 14.5. The Kier molecular flexibility index (Phi) is 6.68. The summed E-state index contributed by atoms with van der Waals surface area (Å²) in [5.41, 5.74) is 2.42. The highest BCUT2D eigenvalue weighted by atomic mass is 35.5. The van der Waals surface area contributed by atoms with Crippen LogP contribution in [0.5, 0.6) is 5.75 Å². The summed E-state index contributed by atoms with van der Waals surface area (Å²) in [6.45, 7) is 4.31. The molecule has 3 rings (SSSR count). The highest BCUT2D eigenvalue weighted by Gasteiger charge is 2.30. The first-order valence-electron chi connectivity index (χ1n) is 9.73. The lowest BCUT2D eigenvalue weighted by Gasteiger charge is -2.38. The zero-order valence-corrected chi connectivity index (χ0v) is 17.9. The molecule has 1 aliphatic heterocycles. The minimum Gasteiger partial charge on any atom is -0.496 e. The van der Waals surface area contributed by atoms with Gasteiger partial charge in [-0.15, -0.1) is 0 Å². The molecule has 160 valence electrons. The van der Waals surface area contributed by atoms with Crippen molar-refractivity contribution in [3.8, 4) is 5.75 Å². The number of nitrogens with zero attached hydrogens (tertiary/aromatic N) is 1. The summed E-state index contributed by atoms with van der Waals surface area (Å²) in [6.07, 6.45) is 1.84. The van der Waals surface area contributed by atoms with Gasteiger partial charge in [0.05, 0.1) is 30.4 Å². The van der Waals surface area contributed by atoms with Gasteiger partial charge < -0.3 is 19.8 Å². The first-order valence-corrected chi connectivity index (χ1v) is 10.1. The minimum atomic E-state index is -1.04. The lowest BCUT2D eigenvalue weighted by atomic mass is 9.91. The normalized spacial score (nSPS) is 14.4. The first-order chi connectivity index (χ1) is 14.3. The lowest BCUT2D eigenvalue weighted by Crippen LogP contribution is -2.44. The molecule has 0 saturated carbocycles. The van der Waals surface area contributed by atoms with Crippen LogP contribution in [0.4, 0.5) is 10.1 Å². The largest absolute Gasteiger partial charge is 0.496 e. The first kappa shape index (κ1) is 22.1. The monoisotopic (exact) mass is 433 g/mol. The molecule has 1 aliphatic rings. The van der Waals surface area contributed by atoms with Gasteiger partial charge in [-0.05, 0) is 29.2 Å². The standard InChI is InChI=1S/C23H25ClFNO4/c1-13(2)20(12-27)26-8-7-16(23(28)29)17-10-15(21(30-3)11-19(17)26)9-14-5-4-6-18(24)22(14)25/h4-7,10-11,13,20,27H,8-9,12H2,1-3H3,(H,28,29)/t20-/m1/s1. The van der Waals surface area contributed by atoms with Gasteiger partial charge >= 0.3 is 5.97 Å². The van der Waals surface area contributed by atoms with Gasteiger partial charge in [0.15, 0.2) is 0 Å². The fourth-order valence-electron chi connectivity index (χ4n) is 3.87. The van der Waals surface area contributed by atoms with Gasteiger partial charge in [-0.25, -0.2) is 9.18 Å². The number of aliphatic hydroxyl groups excluding tert-OH is 1. The van der Waals surface area contributed by atoms with Crippen LogP contribution in [0, 0.1) is 11.7 Å². The van der Waals surface area contributed by atoms with Crippen LogP contribution in [0.3, 0.4) is 0 Å². The molecule has 0 aliphatic carbocycles. The molecule has 0 spiro atoms. The number of rotatable bonds is 7. The van der Waals surface area contributed by atoms with E-state index in [9.17, 15) is 19.4 Å². The summed E-state index contributed by atoms with van der Waals surface area (Å²) >= 11 is 5.91.